The van der Waals surface area contributed by atoms with Gasteiger partial charge in [-0.15, -0.1) is 0 Å². The van der Waals surface area contributed by atoms with E-state index in [0.29, 0.717) is 10.6 Å². The lowest BCUT2D eigenvalue weighted by Crippen LogP contribution is -2.26. The molecule has 0 unspecified atom stereocenters. The van der Waals surface area contributed by atoms with E-state index < -0.39 is 0 Å². The number of allylic oxidation sites excluding steroid dienone is 2. The third kappa shape index (κ3) is 1.95. The molecule has 0 saturated carbocycles. The topological polar surface area (TPSA) is 30.2 Å². The SMILES string of the molecule is C=c1ccc(=O)o/c1=C/C=C\C. The van der Waals surface area contributed by atoms with E-state index in [9.17, 15) is 4.79 Å². The van der Waals surface area contributed by atoms with Gasteiger partial charge >= 0.3 is 5.63 Å². The molecule has 2 heteroatoms. The summed E-state index contributed by atoms with van der Waals surface area (Å²) in [6.45, 7) is 5.61. The largest absolute Gasteiger partial charge is 0.423 e. The Kier molecular flexibility index (Phi) is 2.64. The monoisotopic (exact) mass is 162 g/mol. The van der Waals surface area contributed by atoms with E-state index in [0.717, 1.165) is 0 Å². The first-order valence-electron chi connectivity index (χ1n) is 3.66. The molecule has 0 aliphatic carbocycles. The summed E-state index contributed by atoms with van der Waals surface area (Å²) in [5.74, 6) is 0. The van der Waals surface area contributed by atoms with Gasteiger partial charge in [-0.3, -0.25) is 0 Å². The van der Waals surface area contributed by atoms with Crippen molar-refractivity contribution in [3.05, 3.63) is 45.3 Å². The summed E-state index contributed by atoms with van der Waals surface area (Å²) >= 11 is 0. The smallest absolute Gasteiger partial charge is 0.336 e. The average Bonchev–Trinajstić information content (AvgIpc) is 2.07. The van der Waals surface area contributed by atoms with Crippen molar-refractivity contribution in [3.8, 4) is 0 Å². The van der Waals surface area contributed by atoms with E-state index in [1.54, 1.807) is 18.2 Å². The maximum atomic E-state index is 10.8. The first-order valence-corrected chi connectivity index (χ1v) is 3.66. The predicted molar refractivity (Wildman–Crippen MR) is 49.0 cm³/mol. The summed E-state index contributed by atoms with van der Waals surface area (Å²) in [7, 11) is 0. The summed E-state index contributed by atoms with van der Waals surface area (Å²) < 4.78 is 4.89. The van der Waals surface area contributed by atoms with Crippen LogP contribution in [0.2, 0.25) is 0 Å². The normalized spacial score (nSPS) is 12.6. The lowest BCUT2D eigenvalue weighted by atomic mass is 10.3. The van der Waals surface area contributed by atoms with Crippen LogP contribution in [0, 0.1) is 0 Å². The molecule has 0 amide bonds. The third-order valence-corrected chi connectivity index (χ3v) is 1.39. The number of hydrogen-bond acceptors (Lipinski definition) is 2. The van der Waals surface area contributed by atoms with Gasteiger partial charge in [0.15, 0.2) is 0 Å². The fraction of sp³-hybridized carbons (Fsp3) is 0.100. The minimum Gasteiger partial charge on any atom is -0.423 e. The van der Waals surface area contributed by atoms with Crippen molar-refractivity contribution in [1.82, 2.24) is 0 Å². The van der Waals surface area contributed by atoms with Crippen molar-refractivity contribution < 1.29 is 4.42 Å². The summed E-state index contributed by atoms with van der Waals surface area (Å²) in [6.07, 6.45) is 5.36. The van der Waals surface area contributed by atoms with Gasteiger partial charge in [0.1, 0.15) is 5.42 Å². The summed E-state index contributed by atoms with van der Waals surface area (Å²) in [6, 6.07) is 3.00. The van der Waals surface area contributed by atoms with Crippen LogP contribution in [0.5, 0.6) is 0 Å². The molecule has 0 aliphatic heterocycles. The zero-order valence-corrected chi connectivity index (χ0v) is 6.91. The van der Waals surface area contributed by atoms with Gasteiger partial charge in [-0.25, -0.2) is 4.79 Å². The van der Waals surface area contributed by atoms with Gasteiger partial charge < -0.3 is 4.42 Å². The molecule has 12 heavy (non-hydrogen) atoms. The molecule has 1 heterocycles. The van der Waals surface area contributed by atoms with Crippen molar-refractivity contribution in [3.63, 3.8) is 0 Å². The molecule has 1 rings (SSSR count). The van der Waals surface area contributed by atoms with Crippen LogP contribution in [-0.2, 0) is 0 Å². The van der Waals surface area contributed by atoms with Crippen LogP contribution in [-0.4, -0.2) is 0 Å². The molecule has 1 aromatic rings. The van der Waals surface area contributed by atoms with Gasteiger partial charge in [0.25, 0.3) is 0 Å². The zero-order chi connectivity index (χ0) is 8.97. The molecular weight excluding hydrogens is 152 g/mol. The van der Waals surface area contributed by atoms with Crippen molar-refractivity contribution in [1.29, 1.82) is 0 Å². The standard InChI is InChI=1S/C10H10O2/c1-3-4-5-9-8(2)6-7-10(11)12-9/h3-7H,2H2,1H3/b4-3-,9-5+. The first kappa shape index (κ1) is 8.53. The van der Waals surface area contributed by atoms with Crippen molar-refractivity contribution in [2.24, 2.45) is 0 Å². The minimum atomic E-state index is -0.349. The average molecular weight is 162 g/mol. The number of hydrogen-bond donors (Lipinski definition) is 0. The van der Waals surface area contributed by atoms with Crippen molar-refractivity contribution >= 4 is 12.7 Å². The van der Waals surface area contributed by atoms with E-state index >= 15 is 0 Å². The Balaban J connectivity index is 3.42. The fourth-order valence-corrected chi connectivity index (χ4v) is 0.783. The van der Waals surface area contributed by atoms with Crippen LogP contribution < -0.4 is 16.3 Å². The highest BCUT2D eigenvalue weighted by Crippen LogP contribution is 1.69. The summed E-state index contributed by atoms with van der Waals surface area (Å²) in [5.41, 5.74) is 0.166. The Bertz CT molecular complexity index is 438. The van der Waals surface area contributed by atoms with E-state index in [-0.39, 0.29) is 5.63 Å². The molecule has 62 valence electrons. The van der Waals surface area contributed by atoms with Crippen LogP contribution in [0.25, 0.3) is 12.7 Å². The van der Waals surface area contributed by atoms with Gasteiger partial charge in [0.05, 0.1) is 0 Å². The molecule has 0 N–H and O–H groups in total. The molecule has 0 bridgehead atoms. The first-order chi connectivity index (χ1) is 5.74. The molecule has 0 aromatic carbocycles. The molecule has 0 aliphatic rings. The highest BCUT2D eigenvalue weighted by Gasteiger charge is 1.84. The van der Waals surface area contributed by atoms with Crippen LogP contribution in [0.1, 0.15) is 6.92 Å². The Morgan fingerprint density at radius 2 is 2.25 bits per heavy atom. The van der Waals surface area contributed by atoms with Crippen molar-refractivity contribution in [2.75, 3.05) is 0 Å². The van der Waals surface area contributed by atoms with Gasteiger partial charge in [0, 0.05) is 11.3 Å². The summed E-state index contributed by atoms with van der Waals surface area (Å²) in [5, 5.41) is 0.715. The molecule has 0 radical (unpaired) electrons. The lowest BCUT2D eigenvalue weighted by Gasteiger charge is -1.84. The molecule has 0 saturated heterocycles. The Hall–Kier alpha value is -1.57. The maximum absolute atomic E-state index is 10.8. The van der Waals surface area contributed by atoms with Crippen LogP contribution >= 0.6 is 0 Å². The van der Waals surface area contributed by atoms with Crippen LogP contribution in [0.4, 0.5) is 0 Å². The van der Waals surface area contributed by atoms with Gasteiger partial charge in [-0.2, -0.15) is 0 Å². The van der Waals surface area contributed by atoms with E-state index in [1.807, 2.05) is 13.0 Å². The predicted octanol–water partition coefficient (Wildman–Crippen LogP) is 0.407. The van der Waals surface area contributed by atoms with Gasteiger partial charge in [0.2, 0.25) is 0 Å². The molecule has 0 fully saturated rings. The third-order valence-electron chi connectivity index (χ3n) is 1.39. The van der Waals surface area contributed by atoms with Gasteiger partial charge in [-0.05, 0) is 19.1 Å². The van der Waals surface area contributed by atoms with E-state index in [1.165, 1.54) is 6.07 Å². The Morgan fingerprint density at radius 1 is 1.50 bits per heavy atom. The van der Waals surface area contributed by atoms with E-state index in [4.69, 9.17) is 4.42 Å². The lowest BCUT2D eigenvalue weighted by molar-refractivity contribution is 0.474. The van der Waals surface area contributed by atoms with Crippen LogP contribution in [0.15, 0.2) is 33.5 Å². The quantitative estimate of drug-likeness (QED) is 0.598. The Morgan fingerprint density at radius 3 is 2.92 bits per heavy atom. The molecule has 1 aromatic heterocycles. The van der Waals surface area contributed by atoms with Gasteiger partial charge in [-0.1, -0.05) is 18.7 Å². The zero-order valence-electron chi connectivity index (χ0n) is 6.91. The van der Waals surface area contributed by atoms with Crippen LogP contribution in [0.3, 0.4) is 0 Å². The maximum Gasteiger partial charge on any atom is 0.336 e. The second-order valence-corrected chi connectivity index (χ2v) is 2.34. The molecule has 2 nitrogen and oxygen atoms in total. The van der Waals surface area contributed by atoms with E-state index in [2.05, 4.69) is 6.58 Å². The highest BCUT2D eigenvalue weighted by molar-refractivity contribution is 5.33. The Labute approximate surface area is 70.2 Å². The number of rotatable bonds is 1. The molecular formula is C10H10O2. The second-order valence-electron chi connectivity index (χ2n) is 2.34. The highest BCUT2D eigenvalue weighted by atomic mass is 16.4. The van der Waals surface area contributed by atoms with Crippen molar-refractivity contribution in [2.45, 2.75) is 6.92 Å². The molecule has 0 spiro atoms. The molecule has 0 atom stereocenters. The minimum absolute atomic E-state index is 0.349. The second kappa shape index (κ2) is 3.72. The fourth-order valence-electron chi connectivity index (χ4n) is 0.783. The summed E-state index contributed by atoms with van der Waals surface area (Å²) in [4.78, 5) is 10.8.